The van der Waals surface area contributed by atoms with Crippen LogP contribution in [0.5, 0.6) is 0 Å². The van der Waals surface area contributed by atoms with E-state index in [9.17, 15) is 0 Å². The van der Waals surface area contributed by atoms with Crippen LogP contribution in [-0.4, -0.2) is 50.5 Å². The number of nitrogens with zero attached hydrogens (tertiary/aromatic N) is 6. The number of rotatable bonds is 7. The highest BCUT2D eigenvalue weighted by molar-refractivity contribution is 5.79. The molecule has 0 bridgehead atoms. The van der Waals surface area contributed by atoms with E-state index >= 15 is 0 Å². The molecule has 0 fully saturated rings. The third-order valence-corrected chi connectivity index (χ3v) is 3.66. The highest BCUT2D eigenvalue weighted by Crippen LogP contribution is 2.02. The molecule has 3 rings (SSSR count). The van der Waals surface area contributed by atoms with Crippen LogP contribution in [-0.2, 0) is 13.0 Å². The van der Waals surface area contributed by atoms with Crippen LogP contribution in [0.2, 0.25) is 0 Å². The molecular weight excluding hydrogens is 304 g/mol. The summed E-state index contributed by atoms with van der Waals surface area (Å²) in [6, 6.07) is 7.82. The van der Waals surface area contributed by atoms with Crippen molar-refractivity contribution in [1.82, 2.24) is 35.0 Å². The van der Waals surface area contributed by atoms with Crippen molar-refractivity contribution >= 4 is 11.6 Å². The number of guanidine groups is 1. The van der Waals surface area contributed by atoms with Crippen molar-refractivity contribution < 1.29 is 0 Å². The van der Waals surface area contributed by atoms with E-state index in [0.29, 0.717) is 0 Å². The van der Waals surface area contributed by atoms with Crippen molar-refractivity contribution in [2.75, 3.05) is 20.1 Å². The number of fused-ring (bicyclic) bond motifs is 1. The van der Waals surface area contributed by atoms with Gasteiger partial charge in [-0.1, -0.05) is 6.07 Å². The van der Waals surface area contributed by atoms with Crippen LogP contribution in [0.4, 0.5) is 0 Å². The smallest absolute Gasteiger partial charge is 0.190 e. The zero-order valence-corrected chi connectivity index (χ0v) is 13.8. The standard InChI is InChI=1S/C16H22N8/c1-17-16(18-8-4-11-23-12-5-9-20-23)19-10-7-15-22-21-14-6-2-3-13-24(14)15/h2-3,5-6,9,12-13H,4,7-8,10-11H2,1H3,(H2,17,18,19). The van der Waals surface area contributed by atoms with Crippen LogP contribution in [0.1, 0.15) is 12.2 Å². The molecule has 3 heterocycles. The fourth-order valence-electron chi connectivity index (χ4n) is 2.46. The van der Waals surface area contributed by atoms with E-state index in [1.165, 1.54) is 0 Å². The SMILES string of the molecule is CN=C(NCCCn1cccn1)NCCc1nnc2ccccn12. The van der Waals surface area contributed by atoms with Crippen molar-refractivity contribution in [3.8, 4) is 0 Å². The fraction of sp³-hybridized carbons (Fsp3) is 0.375. The first-order valence-corrected chi connectivity index (χ1v) is 8.07. The van der Waals surface area contributed by atoms with Crippen LogP contribution in [0.15, 0.2) is 47.8 Å². The highest BCUT2D eigenvalue weighted by atomic mass is 15.3. The molecule has 0 aliphatic rings. The average Bonchev–Trinajstić information content (AvgIpc) is 3.27. The predicted octanol–water partition coefficient (Wildman–Crippen LogP) is 0.724. The van der Waals surface area contributed by atoms with Crippen LogP contribution in [0.25, 0.3) is 5.65 Å². The van der Waals surface area contributed by atoms with Crippen LogP contribution in [0, 0.1) is 0 Å². The molecule has 8 nitrogen and oxygen atoms in total. The number of aliphatic imine (C=N–C) groups is 1. The normalized spacial score (nSPS) is 11.8. The third-order valence-electron chi connectivity index (χ3n) is 3.66. The minimum atomic E-state index is 0.745. The van der Waals surface area contributed by atoms with Crippen molar-refractivity contribution in [2.45, 2.75) is 19.4 Å². The van der Waals surface area contributed by atoms with Gasteiger partial charge in [-0.25, -0.2) is 0 Å². The Morgan fingerprint density at radius 1 is 1.12 bits per heavy atom. The molecule has 0 amide bonds. The Balaban J connectivity index is 1.39. The molecule has 0 aromatic carbocycles. The Hall–Kier alpha value is -2.90. The molecule has 0 spiro atoms. The minimum Gasteiger partial charge on any atom is -0.356 e. The van der Waals surface area contributed by atoms with E-state index in [1.54, 1.807) is 13.2 Å². The summed E-state index contributed by atoms with van der Waals surface area (Å²) in [6.07, 6.45) is 7.50. The van der Waals surface area contributed by atoms with Crippen molar-refractivity contribution in [2.24, 2.45) is 4.99 Å². The second kappa shape index (κ2) is 8.09. The quantitative estimate of drug-likeness (QED) is 0.380. The lowest BCUT2D eigenvalue weighted by Crippen LogP contribution is -2.39. The van der Waals surface area contributed by atoms with E-state index in [4.69, 9.17) is 0 Å². The van der Waals surface area contributed by atoms with Gasteiger partial charge in [0.05, 0.1) is 0 Å². The number of hydrogen-bond donors (Lipinski definition) is 2. The molecule has 0 unspecified atom stereocenters. The zero-order chi connectivity index (χ0) is 16.6. The first-order chi connectivity index (χ1) is 11.9. The second-order valence-electron chi connectivity index (χ2n) is 5.34. The summed E-state index contributed by atoms with van der Waals surface area (Å²) in [4.78, 5) is 4.23. The maximum absolute atomic E-state index is 4.23. The monoisotopic (exact) mass is 326 g/mol. The van der Waals surface area contributed by atoms with E-state index in [-0.39, 0.29) is 0 Å². The zero-order valence-electron chi connectivity index (χ0n) is 13.8. The topological polar surface area (TPSA) is 84.4 Å². The van der Waals surface area contributed by atoms with Gasteiger partial charge in [-0.05, 0) is 24.6 Å². The van der Waals surface area contributed by atoms with Gasteiger partial charge in [0, 0.05) is 51.7 Å². The summed E-state index contributed by atoms with van der Waals surface area (Å²) in [7, 11) is 1.77. The van der Waals surface area contributed by atoms with Gasteiger partial charge in [-0.3, -0.25) is 14.1 Å². The fourth-order valence-corrected chi connectivity index (χ4v) is 2.46. The molecule has 3 aromatic heterocycles. The van der Waals surface area contributed by atoms with Gasteiger partial charge in [0.15, 0.2) is 11.6 Å². The Kier molecular flexibility index (Phi) is 5.39. The van der Waals surface area contributed by atoms with Crippen molar-refractivity contribution in [3.05, 3.63) is 48.7 Å². The minimum absolute atomic E-state index is 0.745. The van der Waals surface area contributed by atoms with E-state index in [1.807, 2.05) is 45.7 Å². The number of pyridine rings is 1. The Bertz CT molecular complexity index is 774. The van der Waals surface area contributed by atoms with Crippen LogP contribution in [0.3, 0.4) is 0 Å². The summed E-state index contributed by atoms with van der Waals surface area (Å²) < 4.78 is 3.93. The molecule has 0 aliphatic heterocycles. The highest BCUT2D eigenvalue weighted by Gasteiger charge is 2.04. The molecule has 0 atom stereocenters. The lowest BCUT2D eigenvalue weighted by molar-refractivity contribution is 0.570. The Labute approximate surface area is 140 Å². The van der Waals surface area contributed by atoms with E-state index < -0.39 is 0 Å². The van der Waals surface area contributed by atoms with Gasteiger partial charge in [0.25, 0.3) is 0 Å². The Morgan fingerprint density at radius 2 is 2.04 bits per heavy atom. The molecule has 0 saturated carbocycles. The lowest BCUT2D eigenvalue weighted by Gasteiger charge is -2.11. The molecule has 8 heteroatoms. The van der Waals surface area contributed by atoms with Crippen molar-refractivity contribution in [1.29, 1.82) is 0 Å². The summed E-state index contributed by atoms with van der Waals surface area (Å²) in [6.45, 7) is 2.48. The number of hydrogen-bond acceptors (Lipinski definition) is 4. The van der Waals surface area contributed by atoms with Gasteiger partial charge < -0.3 is 10.6 Å². The average molecular weight is 326 g/mol. The molecule has 126 valence electrons. The predicted molar refractivity (Wildman–Crippen MR) is 92.9 cm³/mol. The number of aryl methyl sites for hydroxylation is 1. The van der Waals surface area contributed by atoms with Gasteiger partial charge in [0.1, 0.15) is 5.82 Å². The first-order valence-electron chi connectivity index (χ1n) is 8.07. The number of nitrogens with one attached hydrogen (secondary N) is 2. The largest absolute Gasteiger partial charge is 0.356 e. The molecule has 3 aromatic rings. The van der Waals surface area contributed by atoms with Gasteiger partial charge >= 0.3 is 0 Å². The summed E-state index contributed by atoms with van der Waals surface area (Å²) >= 11 is 0. The summed E-state index contributed by atoms with van der Waals surface area (Å²) in [5.74, 6) is 1.73. The first kappa shape index (κ1) is 16.0. The van der Waals surface area contributed by atoms with Crippen molar-refractivity contribution in [3.63, 3.8) is 0 Å². The van der Waals surface area contributed by atoms with Gasteiger partial charge in [0.2, 0.25) is 0 Å². The van der Waals surface area contributed by atoms with Crippen LogP contribution < -0.4 is 10.6 Å². The van der Waals surface area contributed by atoms with Crippen LogP contribution >= 0.6 is 0 Å². The molecule has 0 radical (unpaired) electrons. The molecular formula is C16H22N8. The maximum Gasteiger partial charge on any atom is 0.190 e. The molecule has 2 N–H and O–H groups in total. The summed E-state index contributed by atoms with van der Waals surface area (Å²) in [5.41, 5.74) is 0.869. The maximum atomic E-state index is 4.23. The third kappa shape index (κ3) is 4.09. The number of aromatic nitrogens is 5. The molecule has 24 heavy (non-hydrogen) atoms. The van der Waals surface area contributed by atoms with E-state index in [0.717, 1.165) is 49.9 Å². The van der Waals surface area contributed by atoms with Gasteiger partial charge in [-0.15, -0.1) is 10.2 Å². The lowest BCUT2D eigenvalue weighted by atomic mass is 10.4. The van der Waals surface area contributed by atoms with Gasteiger partial charge in [-0.2, -0.15) is 5.10 Å². The second-order valence-corrected chi connectivity index (χ2v) is 5.34. The molecule has 0 saturated heterocycles. The Morgan fingerprint density at radius 3 is 2.88 bits per heavy atom. The van der Waals surface area contributed by atoms with E-state index in [2.05, 4.69) is 30.9 Å². The summed E-state index contributed by atoms with van der Waals surface area (Å²) in [5, 5.41) is 19.2. The molecule has 0 aliphatic carbocycles.